The van der Waals surface area contributed by atoms with E-state index in [1.54, 1.807) is 43.3 Å². The molecule has 4 aromatic carbocycles. The number of sulfone groups is 1. The number of rotatable bonds is 12. The van der Waals surface area contributed by atoms with Crippen molar-refractivity contribution < 1.29 is 35.3 Å². The minimum atomic E-state index is -5.78. The number of aromatic nitrogens is 1. The number of nitrogens with one attached hydrogen (secondary N) is 2. The van der Waals surface area contributed by atoms with Gasteiger partial charge in [-0.25, -0.2) is 12.6 Å². The van der Waals surface area contributed by atoms with Gasteiger partial charge in [-0.1, -0.05) is 47.7 Å². The third kappa shape index (κ3) is 9.63. The number of hydrogen-bond acceptors (Lipinski definition) is 7. The zero-order valence-corrected chi connectivity index (χ0v) is 33.7. The van der Waals surface area contributed by atoms with E-state index in [4.69, 9.17) is 16.3 Å². The van der Waals surface area contributed by atoms with Gasteiger partial charge in [-0.05, 0) is 98.1 Å². The maximum Gasteiger partial charge on any atom is 0.501 e. The lowest BCUT2D eigenvalue weighted by molar-refractivity contribution is -0.0435. The van der Waals surface area contributed by atoms with Crippen LogP contribution in [0.3, 0.4) is 0 Å². The molecule has 0 amide bonds. The van der Waals surface area contributed by atoms with Gasteiger partial charge < -0.3 is 19.3 Å². The van der Waals surface area contributed by atoms with Gasteiger partial charge in [0.25, 0.3) is 9.84 Å². The first kappa shape index (κ1) is 41.7. The standard InChI is InChI=1S/C42H40ClF3N4O5S2/c1-28(19-20-50-21-23-55-24-22-50)47-38-18-17-36(26-39(38)57(53,54)42(44,45)46)56(52)48-35-15-9-30(10-16-35)7-8-31-5-4-6-33(25-31)40-37(27-51)29(2)49(3)41(40)32-11-13-34(43)14-12-32/h4-6,9-18,25-28,47-48H,19-24H2,1-3H3/t28-,56?/m0/s1. The van der Waals surface area contributed by atoms with Crippen molar-refractivity contribution in [2.45, 2.75) is 41.6 Å². The predicted molar refractivity (Wildman–Crippen MR) is 219 cm³/mol. The number of alkyl halides is 3. The molecular formula is C42H40ClF3N4O5S2. The average molecular weight is 837 g/mol. The summed E-state index contributed by atoms with van der Waals surface area (Å²) in [6, 6.07) is 24.6. The molecule has 2 N–H and O–H groups in total. The van der Waals surface area contributed by atoms with E-state index in [-0.39, 0.29) is 16.6 Å². The minimum Gasteiger partial charge on any atom is -0.381 e. The Morgan fingerprint density at radius 2 is 1.63 bits per heavy atom. The highest BCUT2D eigenvalue weighted by Gasteiger charge is 2.48. The molecule has 0 bridgehead atoms. The number of halogens is 4. The summed E-state index contributed by atoms with van der Waals surface area (Å²) in [5.74, 6) is 6.26. The number of morpholine rings is 1. The van der Waals surface area contributed by atoms with Crippen LogP contribution in [0.2, 0.25) is 5.02 Å². The summed E-state index contributed by atoms with van der Waals surface area (Å²) in [7, 11) is -5.98. The molecule has 1 unspecified atom stereocenters. The van der Waals surface area contributed by atoms with Gasteiger partial charge in [0.1, 0.15) is 15.9 Å². The van der Waals surface area contributed by atoms with Gasteiger partial charge in [0.05, 0.1) is 29.5 Å². The summed E-state index contributed by atoms with van der Waals surface area (Å²) in [6.45, 7) is 7.00. The molecule has 9 nitrogen and oxygen atoms in total. The van der Waals surface area contributed by atoms with Crippen LogP contribution in [0.4, 0.5) is 24.5 Å². The van der Waals surface area contributed by atoms with Crippen LogP contribution in [0.15, 0.2) is 101 Å². The van der Waals surface area contributed by atoms with Gasteiger partial charge >= 0.3 is 5.51 Å². The van der Waals surface area contributed by atoms with Crippen LogP contribution in [0.25, 0.3) is 22.4 Å². The molecule has 1 fully saturated rings. The van der Waals surface area contributed by atoms with E-state index in [0.717, 1.165) is 53.5 Å². The average Bonchev–Trinajstić information content (AvgIpc) is 3.45. The fraction of sp³-hybridized carbons (Fsp3) is 0.262. The summed E-state index contributed by atoms with van der Waals surface area (Å²) in [5, 5.41) is 3.52. The summed E-state index contributed by atoms with van der Waals surface area (Å²) in [5.41, 5.74) is 0.663. The second-order valence-electron chi connectivity index (χ2n) is 13.6. The molecule has 2 atom stereocenters. The lowest BCUT2D eigenvalue weighted by Crippen LogP contribution is -2.38. The van der Waals surface area contributed by atoms with E-state index in [9.17, 15) is 30.6 Å². The quantitative estimate of drug-likeness (QED) is 0.0959. The maximum absolute atomic E-state index is 13.8. The molecule has 0 spiro atoms. The summed E-state index contributed by atoms with van der Waals surface area (Å²) in [6.07, 6.45) is 1.41. The first-order valence-electron chi connectivity index (χ1n) is 18.0. The van der Waals surface area contributed by atoms with Crippen molar-refractivity contribution in [3.8, 4) is 34.2 Å². The Morgan fingerprint density at radius 1 is 0.947 bits per heavy atom. The van der Waals surface area contributed by atoms with E-state index in [1.807, 2.05) is 54.9 Å². The lowest BCUT2D eigenvalue weighted by Gasteiger charge is -2.28. The lowest BCUT2D eigenvalue weighted by atomic mass is 9.96. The van der Waals surface area contributed by atoms with Crippen LogP contribution in [-0.4, -0.2) is 72.8 Å². The fourth-order valence-electron chi connectivity index (χ4n) is 6.51. The Kier molecular flexibility index (Phi) is 13.0. The van der Waals surface area contributed by atoms with Crippen molar-refractivity contribution in [1.29, 1.82) is 0 Å². The molecule has 1 aliphatic heterocycles. The molecule has 5 aromatic rings. The molecule has 1 aromatic heterocycles. The molecule has 0 saturated carbocycles. The van der Waals surface area contributed by atoms with Gasteiger partial charge in [-0.3, -0.25) is 9.69 Å². The third-order valence-electron chi connectivity index (χ3n) is 9.71. The number of carbonyl (C=O) groups is 1. The van der Waals surface area contributed by atoms with Gasteiger partial charge in [0, 0.05) is 71.4 Å². The van der Waals surface area contributed by atoms with Crippen LogP contribution in [-0.2, 0) is 32.6 Å². The number of ether oxygens (including phenoxy) is 1. The van der Waals surface area contributed by atoms with E-state index in [1.165, 1.54) is 12.1 Å². The van der Waals surface area contributed by atoms with E-state index in [0.29, 0.717) is 53.6 Å². The number of nitrogens with zero attached hydrogens (tertiary/aromatic N) is 2. The normalized spacial score (nSPS) is 14.6. The van der Waals surface area contributed by atoms with Crippen molar-refractivity contribution in [2.75, 3.05) is 42.9 Å². The first-order chi connectivity index (χ1) is 27.2. The van der Waals surface area contributed by atoms with Gasteiger partial charge in [0.2, 0.25) is 0 Å². The monoisotopic (exact) mass is 836 g/mol. The van der Waals surface area contributed by atoms with Crippen LogP contribution >= 0.6 is 11.6 Å². The molecule has 6 rings (SSSR count). The number of hydrogen-bond donors (Lipinski definition) is 2. The van der Waals surface area contributed by atoms with Crippen LogP contribution < -0.4 is 10.0 Å². The highest BCUT2D eigenvalue weighted by atomic mass is 35.5. The topological polar surface area (TPSA) is 110 Å². The number of aldehydes is 1. The van der Waals surface area contributed by atoms with Crippen molar-refractivity contribution in [1.82, 2.24) is 9.47 Å². The SMILES string of the molecule is Cc1c(C=O)c(-c2cccc(C#Cc3ccc(NS(=O)c4ccc(N[C@@H](C)CCN5CCOCC5)c(S(=O)(=O)C(F)(F)F)c4)cc3)c2)c(-c2ccc(Cl)cc2)n1C. The molecule has 15 heteroatoms. The molecule has 0 radical (unpaired) electrons. The van der Waals surface area contributed by atoms with Crippen LogP contribution in [0.1, 0.15) is 40.5 Å². The van der Waals surface area contributed by atoms with Crippen molar-refractivity contribution in [2.24, 2.45) is 7.05 Å². The number of carbonyl (C=O) groups excluding carboxylic acids is 1. The zero-order valence-electron chi connectivity index (χ0n) is 31.3. The predicted octanol–water partition coefficient (Wildman–Crippen LogP) is 8.48. The van der Waals surface area contributed by atoms with Gasteiger partial charge in [-0.2, -0.15) is 13.2 Å². The summed E-state index contributed by atoms with van der Waals surface area (Å²) < 4.78 is 90.1. The van der Waals surface area contributed by atoms with Crippen LogP contribution in [0, 0.1) is 18.8 Å². The molecular weight excluding hydrogens is 797 g/mol. The molecule has 1 aliphatic rings. The van der Waals surface area contributed by atoms with E-state index in [2.05, 4.69) is 26.8 Å². The van der Waals surface area contributed by atoms with Crippen molar-refractivity contribution in [3.05, 3.63) is 118 Å². The first-order valence-corrected chi connectivity index (χ1v) is 21.0. The Labute approximate surface area is 337 Å². The highest BCUT2D eigenvalue weighted by Crippen LogP contribution is 2.39. The van der Waals surface area contributed by atoms with Gasteiger partial charge in [-0.15, -0.1) is 0 Å². The molecule has 57 heavy (non-hydrogen) atoms. The van der Waals surface area contributed by atoms with Crippen LogP contribution in [0.5, 0.6) is 0 Å². The highest BCUT2D eigenvalue weighted by molar-refractivity contribution is 7.92. The second-order valence-corrected chi connectivity index (χ2v) is 17.1. The third-order valence-corrected chi connectivity index (χ3v) is 12.6. The van der Waals surface area contributed by atoms with Crippen molar-refractivity contribution >= 4 is 50.1 Å². The molecule has 2 heterocycles. The Bertz CT molecular complexity index is 2450. The minimum absolute atomic E-state index is 0.154. The van der Waals surface area contributed by atoms with Gasteiger partial charge in [0.15, 0.2) is 6.29 Å². The van der Waals surface area contributed by atoms with E-state index >= 15 is 0 Å². The Hall–Kier alpha value is -4.91. The molecule has 1 saturated heterocycles. The summed E-state index contributed by atoms with van der Waals surface area (Å²) in [4.78, 5) is 13.3. The number of benzene rings is 4. The molecule has 298 valence electrons. The van der Waals surface area contributed by atoms with Crippen molar-refractivity contribution in [3.63, 3.8) is 0 Å². The summed E-state index contributed by atoms with van der Waals surface area (Å²) >= 11 is 6.14. The Balaban J connectivity index is 1.18. The largest absolute Gasteiger partial charge is 0.501 e. The smallest absolute Gasteiger partial charge is 0.381 e. The molecule has 0 aliphatic carbocycles. The maximum atomic E-state index is 13.8. The fourth-order valence-corrected chi connectivity index (χ4v) is 8.55. The Morgan fingerprint density at radius 3 is 2.30 bits per heavy atom. The number of anilines is 2. The van der Waals surface area contributed by atoms with E-state index < -0.39 is 31.2 Å². The second kappa shape index (κ2) is 17.7. The zero-order chi connectivity index (χ0) is 40.9.